The molecule has 0 saturated heterocycles. The highest BCUT2D eigenvalue weighted by Gasteiger charge is 2.10. The van der Waals surface area contributed by atoms with Crippen molar-refractivity contribution in [1.82, 2.24) is 0 Å². The molecule has 0 saturated carbocycles. The molecule has 0 atom stereocenters. The lowest BCUT2D eigenvalue weighted by atomic mass is 10.1. The van der Waals surface area contributed by atoms with Gasteiger partial charge >= 0.3 is 0 Å². The van der Waals surface area contributed by atoms with Crippen LogP contribution in [0, 0.1) is 10.1 Å². The molecule has 4 nitrogen and oxygen atoms in total. The Morgan fingerprint density at radius 2 is 2.20 bits per heavy atom. The van der Waals surface area contributed by atoms with Gasteiger partial charge in [0.2, 0.25) is 0 Å². The minimum atomic E-state index is -0.499. The third kappa shape index (κ3) is 3.43. The van der Waals surface area contributed by atoms with Crippen LogP contribution >= 0.6 is 15.9 Å². The Kier molecular flexibility index (Phi) is 4.42. The van der Waals surface area contributed by atoms with E-state index in [2.05, 4.69) is 15.9 Å². The second-order valence-corrected chi connectivity index (χ2v) is 3.82. The van der Waals surface area contributed by atoms with Crippen LogP contribution in [-0.2, 0) is 0 Å². The van der Waals surface area contributed by atoms with E-state index in [1.165, 1.54) is 18.2 Å². The Morgan fingerprint density at radius 1 is 1.47 bits per heavy atom. The fraction of sp³-hybridized carbons (Fsp3) is 0.300. The highest BCUT2D eigenvalue weighted by Crippen LogP contribution is 2.15. The molecule has 80 valence electrons. The summed E-state index contributed by atoms with van der Waals surface area (Å²) in [7, 11) is 0. The van der Waals surface area contributed by atoms with Crippen molar-refractivity contribution in [3.63, 3.8) is 0 Å². The van der Waals surface area contributed by atoms with Gasteiger partial charge in [0.15, 0.2) is 5.78 Å². The maximum absolute atomic E-state index is 11.5. The molecular formula is C10H10BrNO3. The Morgan fingerprint density at radius 3 is 2.80 bits per heavy atom. The number of ketones is 1. The van der Waals surface area contributed by atoms with Gasteiger partial charge in [-0.25, -0.2) is 0 Å². The summed E-state index contributed by atoms with van der Waals surface area (Å²) in [5.74, 6) is -0.0573. The van der Waals surface area contributed by atoms with Crippen molar-refractivity contribution in [1.29, 1.82) is 0 Å². The number of non-ortho nitro benzene ring substituents is 1. The third-order valence-corrected chi connectivity index (χ3v) is 2.48. The number of nitro benzene ring substituents is 1. The number of Topliss-reactive ketones (excluding diaryl/α,β-unsaturated/α-hetero) is 1. The Bertz CT molecular complexity index is 379. The van der Waals surface area contributed by atoms with E-state index < -0.39 is 4.92 Å². The monoisotopic (exact) mass is 271 g/mol. The number of hydrogen-bond acceptors (Lipinski definition) is 3. The number of halogens is 1. The molecule has 0 unspecified atom stereocenters. The van der Waals surface area contributed by atoms with Crippen LogP contribution in [0.2, 0.25) is 0 Å². The first-order valence-electron chi connectivity index (χ1n) is 4.49. The summed E-state index contributed by atoms with van der Waals surface area (Å²) in [5, 5.41) is 11.2. The van der Waals surface area contributed by atoms with E-state index in [0.717, 1.165) is 11.8 Å². The van der Waals surface area contributed by atoms with Gasteiger partial charge < -0.3 is 0 Å². The van der Waals surface area contributed by atoms with E-state index in [0.29, 0.717) is 12.0 Å². The number of alkyl halides is 1. The van der Waals surface area contributed by atoms with E-state index in [1.807, 2.05) is 0 Å². The average molecular weight is 272 g/mol. The first-order chi connectivity index (χ1) is 7.15. The molecule has 0 aliphatic rings. The van der Waals surface area contributed by atoms with Crippen LogP contribution in [0.4, 0.5) is 5.69 Å². The molecule has 0 heterocycles. The van der Waals surface area contributed by atoms with Crippen LogP contribution in [0.25, 0.3) is 0 Å². The number of nitrogens with zero attached hydrogens (tertiary/aromatic N) is 1. The predicted octanol–water partition coefficient (Wildman–Crippen LogP) is 2.95. The number of benzene rings is 1. The standard InChI is InChI=1S/C10H10BrNO3/c11-6-2-5-10(13)8-3-1-4-9(7-8)12(14)15/h1,3-4,7H,2,5-6H2. The summed E-state index contributed by atoms with van der Waals surface area (Å²) >= 11 is 3.23. The number of nitro groups is 1. The largest absolute Gasteiger partial charge is 0.294 e. The second kappa shape index (κ2) is 5.60. The van der Waals surface area contributed by atoms with Crippen molar-refractivity contribution < 1.29 is 9.72 Å². The van der Waals surface area contributed by atoms with Gasteiger partial charge in [-0.05, 0) is 6.42 Å². The maximum Gasteiger partial charge on any atom is 0.270 e. The summed E-state index contributed by atoms with van der Waals surface area (Å²) in [4.78, 5) is 21.5. The molecular weight excluding hydrogens is 262 g/mol. The van der Waals surface area contributed by atoms with Gasteiger partial charge in [-0.2, -0.15) is 0 Å². The smallest absolute Gasteiger partial charge is 0.270 e. The van der Waals surface area contributed by atoms with Crippen molar-refractivity contribution in [2.45, 2.75) is 12.8 Å². The molecule has 0 spiro atoms. The van der Waals surface area contributed by atoms with Gasteiger partial charge in [0.1, 0.15) is 0 Å². The normalized spacial score (nSPS) is 9.93. The summed E-state index contributed by atoms with van der Waals surface area (Å²) in [6.45, 7) is 0. The minimum Gasteiger partial charge on any atom is -0.294 e. The van der Waals surface area contributed by atoms with Crippen LogP contribution in [0.15, 0.2) is 24.3 Å². The van der Waals surface area contributed by atoms with Crippen molar-refractivity contribution in [3.8, 4) is 0 Å². The molecule has 0 N–H and O–H groups in total. The van der Waals surface area contributed by atoms with E-state index in [1.54, 1.807) is 6.07 Å². The van der Waals surface area contributed by atoms with Crippen molar-refractivity contribution in [2.75, 3.05) is 5.33 Å². The van der Waals surface area contributed by atoms with Crippen molar-refractivity contribution >= 4 is 27.4 Å². The average Bonchev–Trinajstić information content (AvgIpc) is 2.26. The zero-order valence-electron chi connectivity index (χ0n) is 7.98. The summed E-state index contributed by atoms with van der Waals surface area (Å²) in [6.07, 6.45) is 1.15. The third-order valence-electron chi connectivity index (χ3n) is 1.92. The number of rotatable bonds is 5. The molecule has 0 aliphatic heterocycles. The van der Waals surface area contributed by atoms with Gasteiger partial charge in [0.25, 0.3) is 5.69 Å². The first-order valence-corrected chi connectivity index (χ1v) is 5.61. The highest BCUT2D eigenvalue weighted by atomic mass is 79.9. The fourth-order valence-electron chi connectivity index (χ4n) is 1.16. The molecule has 1 aromatic carbocycles. The lowest BCUT2D eigenvalue weighted by Crippen LogP contribution is -2.00. The predicted molar refractivity (Wildman–Crippen MR) is 60.5 cm³/mol. The Balaban J connectivity index is 2.81. The molecule has 15 heavy (non-hydrogen) atoms. The minimum absolute atomic E-state index is 0.0420. The molecule has 0 amide bonds. The maximum atomic E-state index is 11.5. The molecule has 0 aromatic heterocycles. The molecule has 0 bridgehead atoms. The number of carbonyl (C=O) groups is 1. The van der Waals surface area contributed by atoms with Gasteiger partial charge in [0.05, 0.1) is 4.92 Å². The number of hydrogen-bond donors (Lipinski definition) is 0. The van der Waals surface area contributed by atoms with E-state index in [-0.39, 0.29) is 11.5 Å². The van der Waals surface area contributed by atoms with Gasteiger partial charge in [-0.15, -0.1) is 0 Å². The van der Waals surface area contributed by atoms with E-state index in [4.69, 9.17) is 0 Å². The molecule has 1 rings (SSSR count). The van der Waals surface area contributed by atoms with Gasteiger partial charge in [-0.3, -0.25) is 14.9 Å². The van der Waals surface area contributed by atoms with Crippen LogP contribution in [0.5, 0.6) is 0 Å². The van der Waals surface area contributed by atoms with Gasteiger partial charge in [0, 0.05) is 29.4 Å². The first kappa shape index (κ1) is 11.8. The number of carbonyl (C=O) groups excluding carboxylic acids is 1. The van der Waals surface area contributed by atoms with Crippen LogP contribution < -0.4 is 0 Å². The zero-order chi connectivity index (χ0) is 11.3. The lowest BCUT2D eigenvalue weighted by Gasteiger charge is -1.99. The van der Waals surface area contributed by atoms with Crippen molar-refractivity contribution in [3.05, 3.63) is 39.9 Å². The molecule has 1 aromatic rings. The quantitative estimate of drug-likeness (QED) is 0.358. The van der Waals surface area contributed by atoms with Crippen LogP contribution in [0.3, 0.4) is 0 Å². The van der Waals surface area contributed by atoms with Crippen molar-refractivity contribution in [2.24, 2.45) is 0 Å². The zero-order valence-corrected chi connectivity index (χ0v) is 9.57. The lowest BCUT2D eigenvalue weighted by molar-refractivity contribution is -0.384. The Labute approximate surface area is 95.6 Å². The fourth-order valence-corrected chi connectivity index (χ4v) is 1.44. The molecule has 0 aliphatic carbocycles. The Hall–Kier alpha value is -1.23. The molecule has 0 radical (unpaired) electrons. The summed E-state index contributed by atoms with van der Waals surface area (Å²) in [6, 6.07) is 5.82. The highest BCUT2D eigenvalue weighted by molar-refractivity contribution is 9.09. The van der Waals surface area contributed by atoms with E-state index in [9.17, 15) is 14.9 Å². The topological polar surface area (TPSA) is 60.2 Å². The van der Waals surface area contributed by atoms with Gasteiger partial charge in [-0.1, -0.05) is 28.1 Å². The summed E-state index contributed by atoms with van der Waals surface area (Å²) in [5.41, 5.74) is 0.366. The van der Waals surface area contributed by atoms with Crippen LogP contribution in [-0.4, -0.2) is 16.0 Å². The molecule has 0 fully saturated rings. The SMILES string of the molecule is O=C(CCCBr)c1cccc([N+](=O)[O-])c1. The van der Waals surface area contributed by atoms with E-state index >= 15 is 0 Å². The van der Waals surface area contributed by atoms with Crippen LogP contribution in [0.1, 0.15) is 23.2 Å². The second-order valence-electron chi connectivity index (χ2n) is 3.02. The molecule has 5 heteroatoms. The summed E-state index contributed by atoms with van der Waals surface area (Å²) < 4.78 is 0.